The van der Waals surface area contributed by atoms with Crippen molar-refractivity contribution in [1.82, 2.24) is 15.4 Å². The number of ether oxygens (including phenoxy) is 1. The van der Waals surface area contributed by atoms with E-state index in [-0.39, 0.29) is 6.04 Å². The molecule has 2 unspecified atom stereocenters. The van der Waals surface area contributed by atoms with E-state index >= 15 is 0 Å². The molecule has 0 bridgehead atoms. The first-order valence-electron chi connectivity index (χ1n) is 5.22. The lowest BCUT2D eigenvalue weighted by Crippen LogP contribution is -2.38. The van der Waals surface area contributed by atoms with Gasteiger partial charge in [0.2, 0.25) is 0 Å². The maximum absolute atomic E-state index is 5.55. The zero-order valence-electron chi connectivity index (χ0n) is 8.60. The van der Waals surface area contributed by atoms with Crippen LogP contribution >= 0.6 is 0 Å². The lowest BCUT2D eigenvalue weighted by molar-refractivity contribution is 0.0376. The molecule has 0 amide bonds. The van der Waals surface area contributed by atoms with E-state index in [4.69, 9.17) is 10.6 Å². The Morgan fingerprint density at radius 2 is 2.27 bits per heavy atom. The van der Waals surface area contributed by atoms with E-state index in [1.54, 1.807) is 18.5 Å². The van der Waals surface area contributed by atoms with Gasteiger partial charge in [0.05, 0.1) is 12.6 Å². The first kappa shape index (κ1) is 10.5. The number of nitrogens with zero attached hydrogens (tertiary/aromatic N) is 2. The summed E-state index contributed by atoms with van der Waals surface area (Å²) in [7, 11) is 0. The van der Waals surface area contributed by atoms with E-state index in [9.17, 15) is 0 Å². The van der Waals surface area contributed by atoms with Crippen molar-refractivity contribution in [2.45, 2.75) is 18.9 Å². The summed E-state index contributed by atoms with van der Waals surface area (Å²) in [6.45, 7) is 1.58. The van der Waals surface area contributed by atoms with Gasteiger partial charge in [-0.1, -0.05) is 0 Å². The maximum Gasteiger partial charge on any atom is 0.146 e. The molecule has 2 heterocycles. The molecule has 5 nitrogen and oxygen atoms in total. The Morgan fingerprint density at radius 3 is 2.87 bits per heavy atom. The molecule has 0 spiro atoms. The van der Waals surface area contributed by atoms with Gasteiger partial charge < -0.3 is 4.74 Å². The molecule has 2 atom stereocenters. The minimum absolute atomic E-state index is 0.00787. The second kappa shape index (κ2) is 5.16. The molecule has 0 radical (unpaired) electrons. The van der Waals surface area contributed by atoms with Crippen LogP contribution < -0.4 is 11.3 Å². The van der Waals surface area contributed by atoms with Crippen LogP contribution in [0.3, 0.4) is 0 Å². The quantitative estimate of drug-likeness (QED) is 0.556. The molecule has 1 aromatic heterocycles. The van der Waals surface area contributed by atoms with Gasteiger partial charge in [-0.2, -0.15) is 0 Å². The third-order valence-electron chi connectivity index (χ3n) is 2.71. The zero-order valence-corrected chi connectivity index (χ0v) is 8.60. The second-order valence-electron chi connectivity index (χ2n) is 3.73. The lowest BCUT2D eigenvalue weighted by Gasteiger charge is -2.28. The maximum atomic E-state index is 5.55. The highest BCUT2D eigenvalue weighted by Crippen LogP contribution is 2.25. The van der Waals surface area contributed by atoms with Crippen molar-refractivity contribution in [3.8, 4) is 0 Å². The summed E-state index contributed by atoms with van der Waals surface area (Å²) in [5.41, 5.74) is 2.78. The Morgan fingerprint density at radius 1 is 1.47 bits per heavy atom. The molecular weight excluding hydrogens is 192 g/mol. The normalized spacial score (nSPS) is 23.7. The predicted octanol–water partition coefficient (Wildman–Crippen LogP) is 0.408. The van der Waals surface area contributed by atoms with Crippen molar-refractivity contribution < 1.29 is 4.74 Å². The molecule has 1 aliphatic rings. The standard InChI is InChI=1S/C10H16N4O/c11-14-9(8-3-1-6-15-7-8)10-12-4-2-5-13-10/h2,4-5,8-9,14H,1,3,6-7,11H2. The Balaban J connectivity index is 2.09. The molecule has 1 fully saturated rings. The van der Waals surface area contributed by atoms with Crippen molar-refractivity contribution in [3.63, 3.8) is 0 Å². The van der Waals surface area contributed by atoms with Crippen LogP contribution in [0.5, 0.6) is 0 Å². The van der Waals surface area contributed by atoms with Gasteiger partial charge in [0.25, 0.3) is 0 Å². The summed E-state index contributed by atoms with van der Waals surface area (Å²) in [6, 6.07) is 1.79. The summed E-state index contributed by atoms with van der Waals surface area (Å²) in [5.74, 6) is 6.66. The summed E-state index contributed by atoms with van der Waals surface area (Å²) in [5, 5.41) is 0. The SMILES string of the molecule is NNC(c1ncccn1)C1CCCOC1. The number of aromatic nitrogens is 2. The lowest BCUT2D eigenvalue weighted by atomic mass is 9.93. The molecule has 0 aliphatic carbocycles. The van der Waals surface area contributed by atoms with Gasteiger partial charge >= 0.3 is 0 Å². The third-order valence-corrected chi connectivity index (χ3v) is 2.71. The van der Waals surface area contributed by atoms with E-state index in [1.807, 2.05) is 0 Å². The van der Waals surface area contributed by atoms with Crippen LogP contribution in [0, 0.1) is 5.92 Å². The van der Waals surface area contributed by atoms with Gasteiger partial charge in [-0.05, 0) is 18.9 Å². The number of hydrogen-bond donors (Lipinski definition) is 2. The first-order chi connectivity index (χ1) is 7.42. The van der Waals surface area contributed by atoms with Gasteiger partial charge in [0, 0.05) is 24.9 Å². The van der Waals surface area contributed by atoms with Crippen molar-refractivity contribution in [2.24, 2.45) is 11.8 Å². The van der Waals surface area contributed by atoms with E-state index in [0.717, 1.165) is 31.9 Å². The molecule has 1 aliphatic heterocycles. The van der Waals surface area contributed by atoms with Crippen LogP contribution in [0.2, 0.25) is 0 Å². The molecule has 0 saturated carbocycles. The Hall–Kier alpha value is -1.04. The van der Waals surface area contributed by atoms with E-state index < -0.39 is 0 Å². The summed E-state index contributed by atoms with van der Waals surface area (Å²) in [6.07, 6.45) is 5.65. The van der Waals surface area contributed by atoms with E-state index in [1.165, 1.54) is 0 Å². The van der Waals surface area contributed by atoms with Crippen LogP contribution in [-0.4, -0.2) is 23.2 Å². The fourth-order valence-corrected chi connectivity index (χ4v) is 1.92. The van der Waals surface area contributed by atoms with Crippen LogP contribution in [0.25, 0.3) is 0 Å². The Labute approximate surface area is 89.0 Å². The van der Waals surface area contributed by atoms with Crippen molar-refractivity contribution >= 4 is 0 Å². The zero-order chi connectivity index (χ0) is 10.5. The smallest absolute Gasteiger partial charge is 0.146 e. The van der Waals surface area contributed by atoms with Gasteiger partial charge in [-0.3, -0.25) is 5.84 Å². The third kappa shape index (κ3) is 2.50. The van der Waals surface area contributed by atoms with Crippen LogP contribution in [0.15, 0.2) is 18.5 Å². The average molecular weight is 208 g/mol. The van der Waals surface area contributed by atoms with E-state index in [0.29, 0.717) is 5.92 Å². The highest BCUT2D eigenvalue weighted by atomic mass is 16.5. The highest BCUT2D eigenvalue weighted by molar-refractivity contribution is 4.98. The minimum atomic E-state index is -0.00787. The molecule has 1 aromatic rings. The van der Waals surface area contributed by atoms with Gasteiger partial charge in [-0.15, -0.1) is 0 Å². The fourth-order valence-electron chi connectivity index (χ4n) is 1.92. The Kier molecular flexibility index (Phi) is 3.60. The fraction of sp³-hybridized carbons (Fsp3) is 0.600. The molecule has 1 saturated heterocycles. The predicted molar refractivity (Wildman–Crippen MR) is 55.6 cm³/mol. The van der Waals surface area contributed by atoms with Crippen molar-refractivity contribution in [3.05, 3.63) is 24.3 Å². The summed E-state index contributed by atoms with van der Waals surface area (Å²) >= 11 is 0. The molecule has 0 aromatic carbocycles. The molecular formula is C10H16N4O. The van der Waals surface area contributed by atoms with Crippen LogP contribution in [-0.2, 0) is 4.74 Å². The Bertz CT molecular complexity index is 287. The largest absolute Gasteiger partial charge is 0.381 e. The second-order valence-corrected chi connectivity index (χ2v) is 3.73. The summed E-state index contributed by atoms with van der Waals surface area (Å²) < 4.78 is 5.44. The van der Waals surface area contributed by atoms with Crippen molar-refractivity contribution in [2.75, 3.05) is 13.2 Å². The first-order valence-corrected chi connectivity index (χ1v) is 5.22. The molecule has 2 rings (SSSR count). The average Bonchev–Trinajstić information content (AvgIpc) is 2.33. The van der Waals surface area contributed by atoms with Gasteiger partial charge in [0.1, 0.15) is 5.82 Å². The number of nitrogens with two attached hydrogens (primary N) is 1. The number of hydrazine groups is 1. The topological polar surface area (TPSA) is 73.1 Å². The van der Waals surface area contributed by atoms with E-state index in [2.05, 4.69) is 15.4 Å². The minimum Gasteiger partial charge on any atom is -0.381 e. The van der Waals surface area contributed by atoms with Crippen LogP contribution in [0.1, 0.15) is 24.7 Å². The molecule has 15 heavy (non-hydrogen) atoms. The summed E-state index contributed by atoms with van der Waals surface area (Å²) in [4.78, 5) is 8.43. The van der Waals surface area contributed by atoms with Gasteiger partial charge in [-0.25, -0.2) is 15.4 Å². The molecule has 5 heteroatoms. The number of rotatable bonds is 3. The monoisotopic (exact) mass is 208 g/mol. The van der Waals surface area contributed by atoms with Crippen molar-refractivity contribution in [1.29, 1.82) is 0 Å². The molecule has 3 N–H and O–H groups in total. The number of nitrogens with one attached hydrogen (secondary N) is 1. The highest BCUT2D eigenvalue weighted by Gasteiger charge is 2.26. The number of hydrogen-bond acceptors (Lipinski definition) is 5. The molecule has 82 valence electrons. The van der Waals surface area contributed by atoms with Gasteiger partial charge in [0.15, 0.2) is 0 Å². The van der Waals surface area contributed by atoms with Crippen LogP contribution in [0.4, 0.5) is 0 Å².